The number of hydrogen-bond donors (Lipinski definition) is 0. The maximum Gasteiger partial charge on any atom is 0.161 e. The molecule has 7 atom stereocenters. The molecule has 4 aliphatic rings. The first-order chi connectivity index (χ1) is 17.9. The molecule has 0 saturated heterocycles. The van der Waals surface area contributed by atoms with Crippen LogP contribution in [0.15, 0.2) is 29.8 Å². The van der Waals surface area contributed by atoms with E-state index < -0.39 is 0 Å². The van der Waals surface area contributed by atoms with Gasteiger partial charge in [0.05, 0.1) is 13.7 Å². The van der Waals surface area contributed by atoms with Crippen LogP contribution >= 0.6 is 0 Å². The van der Waals surface area contributed by atoms with E-state index in [1.54, 1.807) is 7.11 Å². The molecule has 0 radical (unpaired) electrons. The number of rotatable bonds is 9. The molecule has 3 saturated carbocycles. The smallest absolute Gasteiger partial charge is 0.161 e. The van der Waals surface area contributed by atoms with Gasteiger partial charge < -0.3 is 9.47 Å². The fourth-order valence-electron chi connectivity index (χ4n) is 9.12. The van der Waals surface area contributed by atoms with E-state index in [9.17, 15) is 4.79 Å². The third-order valence-corrected chi connectivity index (χ3v) is 11.1. The molecule has 1 aromatic rings. The number of benzene rings is 1. The van der Waals surface area contributed by atoms with Gasteiger partial charge in [-0.3, -0.25) is 9.69 Å². The highest BCUT2D eigenvalue weighted by atomic mass is 16.5. The molecule has 0 amide bonds. The Morgan fingerprint density at radius 2 is 1.89 bits per heavy atom. The highest BCUT2D eigenvalue weighted by molar-refractivity contribution is 5.91. The van der Waals surface area contributed by atoms with Crippen molar-refractivity contribution in [3.63, 3.8) is 0 Å². The second-order valence-corrected chi connectivity index (χ2v) is 12.8. The van der Waals surface area contributed by atoms with Crippen molar-refractivity contribution in [2.75, 3.05) is 26.8 Å². The zero-order chi connectivity index (χ0) is 26.2. The molecule has 37 heavy (non-hydrogen) atoms. The van der Waals surface area contributed by atoms with Crippen LogP contribution in [0.25, 0.3) is 0 Å². The molecule has 0 aromatic heterocycles. The first kappa shape index (κ1) is 26.8. The Bertz CT molecular complexity index is 997. The van der Waals surface area contributed by atoms with Crippen molar-refractivity contribution in [3.8, 4) is 11.5 Å². The number of allylic oxidation sites excluding steroid dienone is 1. The van der Waals surface area contributed by atoms with Crippen LogP contribution in [0.1, 0.15) is 84.6 Å². The molecule has 4 nitrogen and oxygen atoms in total. The Balaban J connectivity index is 1.22. The van der Waals surface area contributed by atoms with Crippen molar-refractivity contribution in [1.29, 1.82) is 0 Å². The predicted molar refractivity (Wildman–Crippen MR) is 150 cm³/mol. The summed E-state index contributed by atoms with van der Waals surface area (Å²) in [7, 11) is 1.75. The molecule has 4 aliphatic carbocycles. The lowest BCUT2D eigenvalue weighted by Gasteiger charge is -2.56. The molecular weight excluding hydrogens is 458 g/mol. The highest BCUT2D eigenvalue weighted by Gasteiger charge is 2.57. The number of fused-ring (bicyclic) bond motifs is 5. The maximum atomic E-state index is 12.1. The number of carbonyl (C=O) groups is 1. The summed E-state index contributed by atoms with van der Waals surface area (Å²) in [4.78, 5) is 14.5. The average Bonchev–Trinajstić information content (AvgIpc) is 3.23. The molecule has 4 heteroatoms. The summed E-state index contributed by atoms with van der Waals surface area (Å²) in [5, 5.41) is 0. The normalized spacial score (nSPS) is 35.0. The minimum Gasteiger partial charge on any atom is -0.493 e. The van der Waals surface area contributed by atoms with Gasteiger partial charge in [-0.05, 0) is 123 Å². The van der Waals surface area contributed by atoms with Crippen molar-refractivity contribution >= 4 is 5.78 Å². The third-order valence-electron chi connectivity index (χ3n) is 11.1. The molecule has 5 rings (SSSR count). The van der Waals surface area contributed by atoms with Crippen LogP contribution in [-0.2, 0) is 11.3 Å². The summed E-state index contributed by atoms with van der Waals surface area (Å²) in [6, 6.07) is 6.44. The Hall–Kier alpha value is -1.81. The van der Waals surface area contributed by atoms with Gasteiger partial charge in [0, 0.05) is 13.0 Å². The molecule has 6 unspecified atom stereocenters. The van der Waals surface area contributed by atoms with E-state index in [0.717, 1.165) is 87.1 Å². The fraction of sp³-hybridized carbons (Fsp3) is 0.727. The number of ketones is 1. The van der Waals surface area contributed by atoms with Gasteiger partial charge in [-0.1, -0.05) is 39.3 Å². The maximum absolute atomic E-state index is 12.1. The summed E-state index contributed by atoms with van der Waals surface area (Å²) in [6.07, 6.45) is 11.6. The van der Waals surface area contributed by atoms with Crippen LogP contribution in [0, 0.1) is 40.9 Å². The van der Waals surface area contributed by atoms with Gasteiger partial charge in [-0.25, -0.2) is 0 Å². The molecule has 0 heterocycles. The topological polar surface area (TPSA) is 38.8 Å². The molecular formula is C33H49NO3. The second kappa shape index (κ2) is 11.1. The van der Waals surface area contributed by atoms with E-state index in [1.165, 1.54) is 36.8 Å². The lowest BCUT2D eigenvalue weighted by molar-refractivity contribution is -0.116. The van der Waals surface area contributed by atoms with Crippen molar-refractivity contribution in [3.05, 3.63) is 35.4 Å². The van der Waals surface area contributed by atoms with E-state index in [-0.39, 0.29) is 0 Å². The standard InChI is InChI=1S/C33H49NO3/c1-6-34(7-2)21-23-8-13-30(31(19-23)36-5)37-17-15-25-9-12-29-32-22(3)18-24-20-26(35)10-11-27(24)28(32)14-16-33(25,29)4/h8,13,19-20,22,25,27-29,32H,6-7,9-12,14-18,21H2,1-5H3/t22-,25?,27?,28?,29?,32?,33?/m1/s1. The quantitative estimate of drug-likeness (QED) is 0.351. The van der Waals surface area contributed by atoms with Crippen molar-refractivity contribution in [1.82, 2.24) is 4.90 Å². The minimum atomic E-state index is 0.369. The number of ether oxygens (including phenoxy) is 2. The Morgan fingerprint density at radius 3 is 2.65 bits per heavy atom. The Kier molecular flexibility index (Phi) is 8.05. The average molecular weight is 508 g/mol. The van der Waals surface area contributed by atoms with E-state index in [2.05, 4.69) is 50.8 Å². The Labute approximate surface area is 225 Å². The predicted octanol–water partition coefficient (Wildman–Crippen LogP) is 7.31. The first-order valence-electron chi connectivity index (χ1n) is 15.1. The summed E-state index contributed by atoms with van der Waals surface area (Å²) in [5.74, 6) is 6.69. The lowest BCUT2D eigenvalue weighted by Crippen LogP contribution is -2.49. The second-order valence-electron chi connectivity index (χ2n) is 12.8. The van der Waals surface area contributed by atoms with Gasteiger partial charge in [-0.15, -0.1) is 0 Å². The van der Waals surface area contributed by atoms with E-state index in [4.69, 9.17) is 9.47 Å². The van der Waals surface area contributed by atoms with Crippen LogP contribution in [0.5, 0.6) is 11.5 Å². The largest absolute Gasteiger partial charge is 0.493 e. The number of methoxy groups -OCH3 is 1. The molecule has 0 spiro atoms. The monoisotopic (exact) mass is 507 g/mol. The van der Waals surface area contributed by atoms with Gasteiger partial charge >= 0.3 is 0 Å². The van der Waals surface area contributed by atoms with Gasteiger partial charge in [-0.2, -0.15) is 0 Å². The molecule has 0 bridgehead atoms. The van der Waals surface area contributed by atoms with Crippen molar-refractivity contribution in [2.24, 2.45) is 40.9 Å². The number of carbonyl (C=O) groups excluding carboxylic acids is 1. The SMILES string of the molecule is CCN(CC)Cc1ccc(OCCC2CCC3C4C(CCC23C)C2CCC(=O)C=C2C[C@H]4C)c(OC)c1. The molecule has 204 valence electrons. The van der Waals surface area contributed by atoms with E-state index >= 15 is 0 Å². The van der Waals surface area contributed by atoms with Gasteiger partial charge in [0.15, 0.2) is 17.3 Å². The molecule has 1 aromatic carbocycles. The van der Waals surface area contributed by atoms with E-state index in [0.29, 0.717) is 23.0 Å². The van der Waals surface area contributed by atoms with Crippen LogP contribution in [0.2, 0.25) is 0 Å². The van der Waals surface area contributed by atoms with Gasteiger partial charge in [0.25, 0.3) is 0 Å². The summed E-state index contributed by atoms with van der Waals surface area (Å²) >= 11 is 0. The molecule has 3 fully saturated rings. The van der Waals surface area contributed by atoms with Crippen LogP contribution < -0.4 is 9.47 Å². The van der Waals surface area contributed by atoms with Gasteiger partial charge in [0.1, 0.15) is 0 Å². The van der Waals surface area contributed by atoms with Crippen LogP contribution in [0.3, 0.4) is 0 Å². The first-order valence-corrected chi connectivity index (χ1v) is 15.1. The zero-order valence-corrected chi connectivity index (χ0v) is 23.9. The van der Waals surface area contributed by atoms with Crippen molar-refractivity contribution in [2.45, 2.75) is 85.6 Å². The fourth-order valence-corrected chi connectivity index (χ4v) is 9.12. The number of nitrogens with zero attached hydrogens (tertiary/aromatic N) is 1. The van der Waals surface area contributed by atoms with E-state index in [1.807, 2.05) is 6.08 Å². The lowest BCUT2D eigenvalue weighted by atomic mass is 9.49. The van der Waals surface area contributed by atoms with Crippen LogP contribution in [0.4, 0.5) is 0 Å². The summed E-state index contributed by atoms with van der Waals surface area (Å²) in [5.41, 5.74) is 3.20. The van der Waals surface area contributed by atoms with Crippen LogP contribution in [-0.4, -0.2) is 37.5 Å². The summed E-state index contributed by atoms with van der Waals surface area (Å²) in [6.45, 7) is 13.3. The molecule has 0 aliphatic heterocycles. The molecule has 0 N–H and O–H groups in total. The zero-order valence-electron chi connectivity index (χ0n) is 23.9. The minimum absolute atomic E-state index is 0.369. The van der Waals surface area contributed by atoms with Gasteiger partial charge in [0.2, 0.25) is 0 Å². The number of hydrogen-bond acceptors (Lipinski definition) is 4. The van der Waals surface area contributed by atoms with Crippen molar-refractivity contribution < 1.29 is 14.3 Å². The third kappa shape index (κ3) is 5.12. The highest BCUT2D eigenvalue weighted by Crippen LogP contribution is 2.65. The summed E-state index contributed by atoms with van der Waals surface area (Å²) < 4.78 is 12.1. The Morgan fingerprint density at radius 1 is 1.08 bits per heavy atom.